The second-order valence-electron chi connectivity index (χ2n) is 3.59. The van der Waals surface area contributed by atoms with E-state index in [2.05, 4.69) is 15.5 Å². The molecular weight excluding hydrogens is 234 g/mol. The Kier molecular flexibility index (Phi) is 4.03. The SMILES string of the molecule is COCc1noc(CNC(=O)c2ccccc2)n1. The number of nitrogens with zero attached hydrogens (tertiary/aromatic N) is 2. The van der Waals surface area contributed by atoms with Gasteiger partial charge >= 0.3 is 0 Å². The zero-order chi connectivity index (χ0) is 12.8. The highest BCUT2D eigenvalue weighted by molar-refractivity contribution is 5.93. The second-order valence-corrected chi connectivity index (χ2v) is 3.59. The fourth-order valence-corrected chi connectivity index (χ4v) is 1.40. The van der Waals surface area contributed by atoms with Crippen molar-refractivity contribution in [2.75, 3.05) is 7.11 Å². The van der Waals surface area contributed by atoms with Crippen LogP contribution in [0.2, 0.25) is 0 Å². The van der Waals surface area contributed by atoms with Crippen LogP contribution in [0.5, 0.6) is 0 Å². The summed E-state index contributed by atoms with van der Waals surface area (Å²) >= 11 is 0. The molecule has 0 fully saturated rings. The highest BCUT2D eigenvalue weighted by atomic mass is 16.5. The summed E-state index contributed by atoms with van der Waals surface area (Å²) in [5.41, 5.74) is 0.592. The minimum absolute atomic E-state index is 0.179. The van der Waals surface area contributed by atoms with Crippen LogP contribution in [0.15, 0.2) is 34.9 Å². The molecule has 0 aliphatic rings. The number of amides is 1. The van der Waals surface area contributed by atoms with Crippen molar-refractivity contribution in [3.8, 4) is 0 Å². The number of hydrogen-bond acceptors (Lipinski definition) is 5. The van der Waals surface area contributed by atoms with Crippen LogP contribution >= 0.6 is 0 Å². The van der Waals surface area contributed by atoms with Crippen molar-refractivity contribution < 1.29 is 14.1 Å². The lowest BCUT2D eigenvalue weighted by Crippen LogP contribution is -2.22. The summed E-state index contributed by atoms with van der Waals surface area (Å²) in [6, 6.07) is 8.93. The van der Waals surface area contributed by atoms with Crippen molar-refractivity contribution in [2.45, 2.75) is 13.2 Å². The number of carbonyl (C=O) groups is 1. The van der Waals surface area contributed by atoms with Gasteiger partial charge in [-0.3, -0.25) is 4.79 Å². The first-order valence-electron chi connectivity index (χ1n) is 5.43. The summed E-state index contributed by atoms with van der Waals surface area (Å²) in [5.74, 6) is 0.634. The lowest BCUT2D eigenvalue weighted by atomic mass is 10.2. The van der Waals surface area contributed by atoms with Crippen LogP contribution in [-0.2, 0) is 17.9 Å². The van der Waals surface area contributed by atoms with E-state index >= 15 is 0 Å². The monoisotopic (exact) mass is 247 g/mol. The van der Waals surface area contributed by atoms with E-state index < -0.39 is 0 Å². The first-order chi connectivity index (χ1) is 8.79. The highest BCUT2D eigenvalue weighted by Crippen LogP contribution is 2.01. The predicted octanol–water partition coefficient (Wildman–Crippen LogP) is 1.15. The Bertz CT molecular complexity index is 510. The van der Waals surface area contributed by atoms with E-state index in [1.165, 1.54) is 0 Å². The molecule has 1 aromatic heterocycles. The Morgan fingerprint density at radius 3 is 2.89 bits per heavy atom. The number of methoxy groups -OCH3 is 1. The molecule has 0 aliphatic carbocycles. The molecule has 0 radical (unpaired) electrons. The molecule has 0 bridgehead atoms. The molecule has 1 amide bonds. The molecule has 0 spiro atoms. The van der Waals surface area contributed by atoms with Crippen LogP contribution in [0, 0.1) is 0 Å². The van der Waals surface area contributed by atoms with E-state index in [-0.39, 0.29) is 19.1 Å². The Morgan fingerprint density at radius 1 is 1.39 bits per heavy atom. The lowest BCUT2D eigenvalue weighted by molar-refractivity contribution is 0.0946. The van der Waals surface area contributed by atoms with Gasteiger partial charge in [0.05, 0.1) is 6.54 Å². The van der Waals surface area contributed by atoms with Crippen molar-refractivity contribution in [3.05, 3.63) is 47.6 Å². The molecule has 6 nitrogen and oxygen atoms in total. The maximum atomic E-state index is 11.7. The van der Waals surface area contributed by atoms with Gasteiger partial charge in [0.25, 0.3) is 5.91 Å². The molecule has 18 heavy (non-hydrogen) atoms. The highest BCUT2D eigenvalue weighted by Gasteiger charge is 2.08. The van der Waals surface area contributed by atoms with Crippen molar-refractivity contribution in [1.82, 2.24) is 15.5 Å². The molecule has 0 atom stereocenters. The quantitative estimate of drug-likeness (QED) is 0.857. The number of ether oxygens (including phenoxy) is 1. The average molecular weight is 247 g/mol. The van der Waals surface area contributed by atoms with Crippen LogP contribution in [0.3, 0.4) is 0 Å². The molecule has 94 valence electrons. The van der Waals surface area contributed by atoms with E-state index in [4.69, 9.17) is 9.26 Å². The van der Waals surface area contributed by atoms with Crippen LogP contribution in [0.4, 0.5) is 0 Å². The van der Waals surface area contributed by atoms with Crippen molar-refractivity contribution in [1.29, 1.82) is 0 Å². The number of nitrogens with one attached hydrogen (secondary N) is 1. The normalized spacial score (nSPS) is 10.3. The summed E-state index contributed by atoms with van der Waals surface area (Å²) in [4.78, 5) is 15.8. The van der Waals surface area contributed by atoms with Gasteiger partial charge in [-0.25, -0.2) is 0 Å². The van der Waals surface area contributed by atoms with E-state index in [0.717, 1.165) is 0 Å². The molecule has 1 aromatic carbocycles. The fourth-order valence-electron chi connectivity index (χ4n) is 1.40. The van der Waals surface area contributed by atoms with E-state index in [1.807, 2.05) is 6.07 Å². The van der Waals surface area contributed by atoms with Crippen LogP contribution in [0.25, 0.3) is 0 Å². The first-order valence-corrected chi connectivity index (χ1v) is 5.43. The molecule has 2 rings (SSSR count). The maximum absolute atomic E-state index is 11.7. The van der Waals surface area contributed by atoms with Gasteiger partial charge in [-0.05, 0) is 12.1 Å². The summed E-state index contributed by atoms with van der Waals surface area (Å²) in [7, 11) is 1.55. The van der Waals surface area contributed by atoms with Gasteiger partial charge in [-0.2, -0.15) is 4.98 Å². The second kappa shape index (κ2) is 5.92. The Hall–Kier alpha value is -2.21. The van der Waals surface area contributed by atoms with Crippen LogP contribution in [0.1, 0.15) is 22.1 Å². The molecule has 1 heterocycles. The Labute approximate surface area is 104 Å². The van der Waals surface area contributed by atoms with E-state index in [1.54, 1.807) is 31.4 Å². The van der Waals surface area contributed by atoms with Crippen LogP contribution in [-0.4, -0.2) is 23.2 Å². The minimum atomic E-state index is -0.179. The number of hydrogen-bond donors (Lipinski definition) is 1. The van der Waals surface area contributed by atoms with Gasteiger partial charge in [0, 0.05) is 12.7 Å². The van der Waals surface area contributed by atoms with Gasteiger partial charge in [-0.1, -0.05) is 23.4 Å². The topological polar surface area (TPSA) is 77.3 Å². The molecule has 2 aromatic rings. The lowest BCUT2D eigenvalue weighted by Gasteiger charge is -2.01. The molecule has 0 unspecified atom stereocenters. The van der Waals surface area contributed by atoms with Crippen molar-refractivity contribution in [3.63, 3.8) is 0 Å². The van der Waals surface area contributed by atoms with Gasteiger partial charge in [0.1, 0.15) is 6.61 Å². The summed E-state index contributed by atoms with van der Waals surface area (Å²) in [5, 5.41) is 6.39. The smallest absolute Gasteiger partial charge is 0.251 e. The van der Waals surface area contributed by atoms with E-state index in [9.17, 15) is 4.79 Å². The summed E-state index contributed by atoms with van der Waals surface area (Å²) in [6.45, 7) is 0.487. The standard InChI is InChI=1S/C12H13N3O3/c1-17-8-10-14-11(18-15-10)7-13-12(16)9-5-3-2-4-6-9/h2-6H,7-8H2,1H3,(H,13,16). The predicted molar refractivity (Wildman–Crippen MR) is 62.6 cm³/mol. The van der Waals surface area contributed by atoms with Gasteiger partial charge in [0.15, 0.2) is 5.82 Å². The third-order valence-corrected chi connectivity index (χ3v) is 2.22. The zero-order valence-corrected chi connectivity index (χ0v) is 9.92. The Balaban J connectivity index is 1.89. The van der Waals surface area contributed by atoms with Crippen molar-refractivity contribution in [2.24, 2.45) is 0 Å². The maximum Gasteiger partial charge on any atom is 0.251 e. The van der Waals surface area contributed by atoms with Crippen LogP contribution < -0.4 is 5.32 Å². The molecule has 0 aliphatic heterocycles. The zero-order valence-electron chi connectivity index (χ0n) is 9.92. The molecule has 0 saturated carbocycles. The summed E-state index contributed by atoms with van der Waals surface area (Å²) < 4.78 is 9.81. The average Bonchev–Trinajstić information content (AvgIpc) is 2.85. The molecule has 6 heteroatoms. The van der Waals surface area contributed by atoms with Gasteiger partial charge in [-0.15, -0.1) is 0 Å². The fraction of sp³-hybridized carbons (Fsp3) is 0.250. The molecular formula is C12H13N3O3. The largest absolute Gasteiger partial charge is 0.377 e. The Morgan fingerprint density at radius 2 is 2.17 bits per heavy atom. The van der Waals surface area contributed by atoms with Crippen molar-refractivity contribution >= 4 is 5.91 Å². The first kappa shape index (κ1) is 12.3. The minimum Gasteiger partial charge on any atom is -0.377 e. The molecule has 1 N–H and O–H groups in total. The summed E-state index contributed by atoms with van der Waals surface area (Å²) in [6.07, 6.45) is 0. The van der Waals surface area contributed by atoms with Gasteiger partial charge < -0.3 is 14.6 Å². The number of aromatic nitrogens is 2. The molecule has 0 saturated heterocycles. The number of rotatable bonds is 5. The third-order valence-electron chi connectivity index (χ3n) is 2.22. The number of carbonyl (C=O) groups excluding carboxylic acids is 1. The van der Waals surface area contributed by atoms with Gasteiger partial charge in [0.2, 0.25) is 5.89 Å². The third kappa shape index (κ3) is 3.14. The van der Waals surface area contributed by atoms with E-state index in [0.29, 0.717) is 17.3 Å². The number of benzene rings is 1.